The van der Waals surface area contributed by atoms with E-state index < -0.39 is 0 Å². The standard InChI is InChI=1S/C13H14BrN3/c1-2-15-13-9-10(7-8-16-13)17-12-6-4-3-5-11(12)14/h3-9H,2H2,1H3,(H2,15,16,17). The first-order valence-corrected chi connectivity index (χ1v) is 6.30. The van der Waals surface area contributed by atoms with Crippen molar-refractivity contribution in [1.82, 2.24) is 4.98 Å². The van der Waals surface area contributed by atoms with E-state index in [0.29, 0.717) is 0 Å². The van der Waals surface area contributed by atoms with E-state index in [0.717, 1.165) is 28.2 Å². The van der Waals surface area contributed by atoms with E-state index >= 15 is 0 Å². The molecule has 0 aliphatic rings. The molecule has 2 rings (SSSR count). The second-order valence-corrected chi connectivity index (χ2v) is 4.42. The van der Waals surface area contributed by atoms with Crippen molar-refractivity contribution in [3.05, 3.63) is 47.1 Å². The van der Waals surface area contributed by atoms with E-state index in [-0.39, 0.29) is 0 Å². The van der Waals surface area contributed by atoms with Crippen molar-refractivity contribution in [2.24, 2.45) is 0 Å². The zero-order valence-corrected chi connectivity index (χ0v) is 11.2. The van der Waals surface area contributed by atoms with Crippen molar-refractivity contribution in [2.75, 3.05) is 17.2 Å². The molecule has 0 aliphatic heterocycles. The fourth-order valence-corrected chi connectivity index (χ4v) is 1.89. The first-order valence-electron chi connectivity index (χ1n) is 5.51. The second-order valence-electron chi connectivity index (χ2n) is 3.56. The summed E-state index contributed by atoms with van der Waals surface area (Å²) >= 11 is 3.51. The summed E-state index contributed by atoms with van der Waals surface area (Å²) in [6, 6.07) is 12.0. The van der Waals surface area contributed by atoms with Gasteiger partial charge in [0.25, 0.3) is 0 Å². The normalized spacial score (nSPS) is 10.0. The average Bonchev–Trinajstić information content (AvgIpc) is 2.33. The molecule has 4 heteroatoms. The number of pyridine rings is 1. The first kappa shape index (κ1) is 11.9. The van der Waals surface area contributed by atoms with Crippen molar-refractivity contribution in [1.29, 1.82) is 0 Å². The van der Waals surface area contributed by atoms with E-state index in [9.17, 15) is 0 Å². The number of rotatable bonds is 4. The average molecular weight is 292 g/mol. The third kappa shape index (κ3) is 3.20. The fraction of sp³-hybridized carbons (Fsp3) is 0.154. The summed E-state index contributed by atoms with van der Waals surface area (Å²) in [5, 5.41) is 6.53. The molecule has 0 saturated heterocycles. The van der Waals surface area contributed by atoms with E-state index in [1.807, 2.05) is 36.4 Å². The highest BCUT2D eigenvalue weighted by atomic mass is 79.9. The van der Waals surface area contributed by atoms with Gasteiger partial charge >= 0.3 is 0 Å². The van der Waals surface area contributed by atoms with Crippen LogP contribution in [0.1, 0.15) is 6.92 Å². The van der Waals surface area contributed by atoms with Crippen molar-refractivity contribution >= 4 is 33.1 Å². The minimum absolute atomic E-state index is 0.867. The predicted octanol–water partition coefficient (Wildman–Crippen LogP) is 4.02. The molecule has 0 spiro atoms. The molecule has 0 aliphatic carbocycles. The van der Waals surface area contributed by atoms with Gasteiger partial charge in [-0.25, -0.2) is 4.98 Å². The maximum absolute atomic E-state index is 4.23. The van der Waals surface area contributed by atoms with Gasteiger partial charge in [-0.1, -0.05) is 12.1 Å². The number of para-hydroxylation sites is 1. The largest absolute Gasteiger partial charge is 0.370 e. The van der Waals surface area contributed by atoms with Crippen LogP contribution in [0.2, 0.25) is 0 Å². The first-order chi connectivity index (χ1) is 8.29. The number of halogens is 1. The monoisotopic (exact) mass is 291 g/mol. The van der Waals surface area contributed by atoms with Gasteiger partial charge in [0.1, 0.15) is 5.82 Å². The lowest BCUT2D eigenvalue weighted by molar-refractivity contribution is 1.16. The molecule has 0 atom stereocenters. The summed E-state index contributed by atoms with van der Waals surface area (Å²) < 4.78 is 1.04. The van der Waals surface area contributed by atoms with Crippen LogP contribution in [0.25, 0.3) is 0 Å². The Morgan fingerprint density at radius 3 is 2.82 bits per heavy atom. The Labute approximate surface area is 109 Å². The maximum atomic E-state index is 4.23. The topological polar surface area (TPSA) is 37.0 Å². The highest BCUT2D eigenvalue weighted by Crippen LogP contribution is 2.25. The molecule has 0 fully saturated rings. The lowest BCUT2D eigenvalue weighted by Gasteiger charge is -2.09. The maximum Gasteiger partial charge on any atom is 0.127 e. The molecule has 0 saturated carbocycles. The zero-order chi connectivity index (χ0) is 12.1. The Bertz CT molecular complexity index is 500. The molecule has 0 amide bonds. The molecule has 3 nitrogen and oxygen atoms in total. The zero-order valence-electron chi connectivity index (χ0n) is 9.57. The second kappa shape index (κ2) is 5.68. The van der Waals surface area contributed by atoms with E-state index in [1.54, 1.807) is 6.20 Å². The number of anilines is 3. The smallest absolute Gasteiger partial charge is 0.127 e. The third-order valence-corrected chi connectivity index (χ3v) is 2.96. The minimum Gasteiger partial charge on any atom is -0.370 e. The quantitative estimate of drug-likeness (QED) is 0.893. The molecule has 0 radical (unpaired) electrons. The number of nitrogens with zero attached hydrogens (tertiary/aromatic N) is 1. The van der Waals surface area contributed by atoms with Gasteiger partial charge < -0.3 is 10.6 Å². The van der Waals surface area contributed by atoms with Gasteiger partial charge in [-0.3, -0.25) is 0 Å². The SMILES string of the molecule is CCNc1cc(Nc2ccccc2Br)ccn1. The van der Waals surface area contributed by atoms with Crippen molar-refractivity contribution in [2.45, 2.75) is 6.92 Å². The van der Waals surface area contributed by atoms with Gasteiger partial charge in [-0.2, -0.15) is 0 Å². The lowest BCUT2D eigenvalue weighted by Crippen LogP contribution is -2.00. The van der Waals surface area contributed by atoms with Crippen LogP contribution < -0.4 is 10.6 Å². The summed E-state index contributed by atoms with van der Waals surface area (Å²) in [6.45, 7) is 2.92. The highest BCUT2D eigenvalue weighted by molar-refractivity contribution is 9.10. The molecular formula is C13H14BrN3. The summed E-state index contributed by atoms with van der Waals surface area (Å²) in [6.07, 6.45) is 1.79. The Hall–Kier alpha value is -1.55. The highest BCUT2D eigenvalue weighted by Gasteiger charge is 2.00. The summed E-state index contributed by atoms with van der Waals surface area (Å²) in [7, 11) is 0. The van der Waals surface area contributed by atoms with Gasteiger partial charge in [0.15, 0.2) is 0 Å². The summed E-state index contributed by atoms with van der Waals surface area (Å²) in [5.74, 6) is 0.879. The Balaban J connectivity index is 2.18. The number of hydrogen-bond acceptors (Lipinski definition) is 3. The van der Waals surface area contributed by atoms with Gasteiger partial charge in [0, 0.05) is 29.0 Å². The molecule has 88 valence electrons. The van der Waals surface area contributed by atoms with Gasteiger partial charge in [-0.05, 0) is 41.1 Å². The van der Waals surface area contributed by atoms with Crippen molar-refractivity contribution < 1.29 is 0 Å². The number of benzene rings is 1. The van der Waals surface area contributed by atoms with Crippen LogP contribution in [-0.4, -0.2) is 11.5 Å². The van der Waals surface area contributed by atoms with E-state index in [1.165, 1.54) is 0 Å². The molecule has 0 unspecified atom stereocenters. The van der Waals surface area contributed by atoms with Crippen LogP contribution in [0.3, 0.4) is 0 Å². The predicted molar refractivity (Wildman–Crippen MR) is 75.8 cm³/mol. The van der Waals surface area contributed by atoms with Crippen molar-refractivity contribution in [3.8, 4) is 0 Å². The van der Waals surface area contributed by atoms with Gasteiger partial charge in [0.05, 0.1) is 5.69 Å². The Morgan fingerprint density at radius 2 is 2.06 bits per heavy atom. The molecule has 1 aromatic heterocycles. The third-order valence-electron chi connectivity index (χ3n) is 2.27. The minimum atomic E-state index is 0.867. The Kier molecular flexibility index (Phi) is 3.98. The van der Waals surface area contributed by atoms with Crippen LogP contribution in [0.4, 0.5) is 17.2 Å². The van der Waals surface area contributed by atoms with Crippen molar-refractivity contribution in [3.63, 3.8) is 0 Å². The summed E-state index contributed by atoms with van der Waals surface area (Å²) in [4.78, 5) is 4.23. The van der Waals surface area contributed by atoms with Crippen LogP contribution in [0, 0.1) is 0 Å². The molecular weight excluding hydrogens is 278 g/mol. The van der Waals surface area contributed by atoms with E-state index in [4.69, 9.17) is 0 Å². The molecule has 0 bridgehead atoms. The number of hydrogen-bond donors (Lipinski definition) is 2. The summed E-state index contributed by atoms with van der Waals surface area (Å²) in [5.41, 5.74) is 2.06. The Morgan fingerprint density at radius 1 is 1.24 bits per heavy atom. The molecule has 2 N–H and O–H groups in total. The van der Waals surface area contributed by atoms with Crippen LogP contribution >= 0.6 is 15.9 Å². The van der Waals surface area contributed by atoms with E-state index in [2.05, 4.69) is 38.5 Å². The number of nitrogens with one attached hydrogen (secondary N) is 2. The fourth-order valence-electron chi connectivity index (χ4n) is 1.50. The molecule has 17 heavy (non-hydrogen) atoms. The number of aromatic nitrogens is 1. The van der Waals surface area contributed by atoms with Gasteiger partial charge in [-0.15, -0.1) is 0 Å². The van der Waals surface area contributed by atoms with Crippen LogP contribution in [-0.2, 0) is 0 Å². The van der Waals surface area contributed by atoms with Crippen LogP contribution in [0.5, 0.6) is 0 Å². The van der Waals surface area contributed by atoms with Gasteiger partial charge in [0.2, 0.25) is 0 Å². The molecule has 2 aromatic rings. The molecule has 1 heterocycles. The van der Waals surface area contributed by atoms with Crippen LogP contribution in [0.15, 0.2) is 47.1 Å². The lowest BCUT2D eigenvalue weighted by atomic mass is 10.3. The molecule has 1 aromatic carbocycles.